The maximum atomic E-state index is 6.06. The molecule has 3 heteroatoms. The fourth-order valence-corrected chi connectivity index (χ4v) is 3.32. The van der Waals surface area contributed by atoms with Crippen LogP contribution in [0.2, 0.25) is 0 Å². The third-order valence-corrected chi connectivity index (χ3v) is 4.38. The number of hydrogen-bond acceptors (Lipinski definition) is 3. The summed E-state index contributed by atoms with van der Waals surface area (Å²) in [6.45, 7) is 5.15. The largest absolute Gasteiger partial charge is 0.469 e. The lowest BCUT2D eigenvalue weighted by Gasteiger charge is -2.34. The maximum Gasteiger partial charge on any atom is 0.104 e. The molecule has 2 unspecified atom stereocenters. The van der Waals surface area contributed by atoms with Crippen molar-refractivity contribution in [3.8, 4) is 0 Å². The van der Waals surface area contributed by atoms with Crippen molar-refractivity contribution in [1.82, 2.24) is 5.32 Å². The molecule has 3 nitrogen and oxygen atoms in total. The summed E-state index contributed by atoms with van der Waals surface area (Å²) in [7, 11) is 0. The lowest BCUT2D eigenvalue weighted by Crippen LogP contribution is -2.43. The van der Waals surface area contributed by atoms with Crippen LogP contribution in [0.5, 0.6) is 0 Å². The van der Waals surface area contributed by atoms with E-state index in [-0.39, 0.29) is 5.41 Å². The van der Waals surface area contributed by atoms with E-state index < -0.39 is 0 Å². The first-order valence-corrected chi connectivity index (χ1v) is 7.19. The Balaban J connectivity index is 1.77. The van der Waals surface area contributed by atoms with Crippen molar-refractivity contribution in [3.63, 3.8) is 0 Å². The predicted molar refractivity (Wildman–Crippen MR) is 70.5 cm³/mol. The molecule has 1 saturated heterocycles. The van der Waals surface area contributed by atoms with Gasteiger partial charge in [-0.25, -0.2) is 0 Å². The standard InChI is InChI=1S/C15H23NO2/c1-2-16-11-15(10-13-4-3-8-17-13)7-9-18-14(15)12-5-6-12/h3-4,8,12,14,16H,2,5-7,9-11H2,1H3. The topological polar surface area (TPSA) is 34.4 Å². The van der Waals surface area contributed by atoms with E-state index in [2.05, 4.69) is 18.3 Å². The van der Waals surface area contributed by atoms with Gasteiger partial charge in [0, 0.05) is 25.0 Å². The van der Waals surface area contributed by atoms with Gasteiger partial charge in [0.25, 0.3) is 0 Å². The van der Waals surface area contributed by atoms with E-state index in [9.17, 15) is 0 Å². The molecule has 100 valence electrons. The fourth-order valence-electron chi connectivity index (χ4n) is 3.32. The van der Waals surface area contributed by atoms with E-state index in [4.69, 9.17) is 9.15 Å². The molecular weight excluding hydrogens is 226 g/mol. The molecule has 1 N–H and O–H groups in total. The molecule has 0 bridgehead atoms. The summed E-state index contributed by atoms with van der Waals surface area (Å²) >= 11 is 0. The minimum absolute atomic E-state index is 0.245. The van der Waals surface area contributed by atoms with Crippen LogP contribution in [-0.2, 0) is 11.2 Å². The molecule has 1 aromatic rings. The Labute approximate surface area is 109 Å². The van der Waals surface area contributed by atoms with Gasteiger partial charge in [0.05, 0.1) is 12.4 Å². The first kappa shape index (κ1) is 12.2. The molecule has 18 heavy (non-hydrogen) atoms. The summed E-state index contributed by atoms with van der Waals surface area (Å²) in [5.74, 6) is 1.89. The van der Waals surface area contributed by atoms with Crippen molar-refractivity contribution in [2.75, 3.05) is 19.7 Å². The van der Waals surface area contributed by atoms with Crippen molar-refractivity contribution in [2.45, 2.75) is 38.7 Å². The van der Waals surface area contributed by atoms with Crippen molar-refractivity contribution in [1.29, 1.82) is 0 Å². The van der Waals surface area contributed by atoms with Crippen LogP contribution in [0.15, 0.2) is 22.8 Å². The minimum atomic E-state index is 0.245. The lowest BCUT2D eigenvalue weighted by atomic mass is 9.75. The van der Waals surface area contributed by atoms with E-state index in [1.54, 1.807) is 6.26 Å². The summed E-state index contributed by atoms with van der Waals surface area (Å²) in [6.07, 6.45) is 7.06. The van der Waals surface area contributed by atoms with Gasteiger partial charge in [-0.05, 0) is 43.9 Å². The Kier molecular flexibility index (Phi) is 3.44. The Hall–Kier alpha value is -0.800. The Morgan fingerprint density at radius 3 is 3.00 bits per heavy atom. The molecule has 1 aliphatic heterocycles. The van der Waals surface area contributed by atoms with Crippen LogP contribution in [0.4, 0.5) is 0 Å². The third-order valence-electron chi connectivity index (χ3n) is 4.38. The number of rotatable bonds is 6. The van der Waals surface area contributed by atoms with Crippen LogP contribution >= 0.6 is 0 Å². The molecule has 1 aliphatic carbocycles. The van der Waals surface area contributed by atoms with Crippen LogP contribution in [-0.4, -0.2) is 25.8 Å². The minimum Gasteiger partial charge on any atom is -0.469 e. The van der Waals surface area contributed by atoms with Gasteiger partial charge in [0.15, 0.2) is 0 Å². The molecule has 0 aromatic carbocycles. The normalized spacial score (nSPS) is 31.9. The van der Waals surface area contributed by atoms with Crippen LogP contribution < -0.4 is 5.32 Å². The van der Waals surface area contributed by atoms with E-state index in [0.717, 1.165) is 44.2 Å². The second-order valence-electron chi connectivity index (χ2n) is 5.78. The van der Waals surface area contributed by atoms with Crippen LogP contribution in [0, 0.1) is 11.3 Å². The zero-order valence-corrected chi connectivity index (χ0v) is 11.2. The summed E-state index contributed by atoms with van der Waals surface area (Å²) in [5, 5.41) is 3.53. The summed E-state index contributed by atoms with van der Waals surface area (Å²) in [5.41, 5.74) is 0.245. The molecule has 1 saturated carbocycles. The summed E-state index contributed by atoms with van der Waals surface area (Å²) in [6, 6.07) is 4.08. The van der Waals surface area contributed by atoms with Crippen LogP contribution in [0.25, 0.3) is 0 Å². The highest BCUT2D eigenvalue weighted by Gasteiger charge is 2.50. The number of nitrogens with one attached hydrogen (secondary N) is 1. The zero-order valence-electron chi connectivity index (χ0n) is 11.2. The van der Waals surface area contributed by atoms with Gasteiger partial charge in [-0.1, -0.05) is 6.92 Å². The average Bonchev–Trinajstić information content (AvgIpc) is 2.94. The predicted octanol–water partition coefficient (Wildman–Crippen LogP) is 2.62. The Morgan fingerprint density at radius 1 is 1.44 bits per heavy atom. The van der Waals surface area contributed by atoms with E-state index >= 15 is 0 Å². The molecule has 2 heterocycles. The highest BCUT2D eigenvalue weighted by atomic mass is 16.5. The first-order chi connectivity index (χ1) is 8.84. The SMILES string of the molecule is CCNCC1(Cc2ccco2)CCOC1C1CC1. The van der Waals surface area contributed by atoms with Crippen molar-refractivity contribution in [3.05, 3.63) is 24.2 Å². The number of hydrogen-bond donors (Lipinski definition) is 1. The zero-order chi connectivity index (χ0) is 12.4. The van der Waals surface area contributed by atoms with Gasteiger partial charge in [-0.3, -0.25) is 0 Å². The molecule has 2 fully saturated rings. The maximum absolute atomic E-state index is 6.06. The molecule has 2 aliphatic rings. The van der Waals surface area contributed by atoms with Gasteiger partial charge < -0.3 is 14.5 Å². The van der Waals surface area contributed by atoms with Crippen molar-refractivity contribution < 1.29 is 9.15 Å². The second kappa shape index (κ2) is 5.06. The highest BCUT2D eigenvalue weighted by Crippen LogP contribution is 2.49. The van der Waals surface area contributed by atoms with Gasteiger partial charge in [0.1, 0.15) is 5.76 Å². The van der Waals surface area contributed by atoms with E-state index in [1.165, 1.54) is 12.8 Å². The van der Waals surface area contributed by atoms with Gasteiger partial charge in [0.2, 0.25) is 0 Å². The molecule has 3 rings (SSSR count). The highest BCUT2D eigenvalue weighted by molar-refractivity contribution is 5.09. The number of ether oxygens (including phenoxy) is 1. The smallest absolute Gasteiger partial charge is 0.104 e. The lowest BCUT2D eigenvalue weighted by molar-refractivity contribution is 0.0286. The molecule has 2 atom stereocenters. The number of furan rings is 1. The van der Waals surface area contributed by atoms with Crippen molar-refractivity contribution >= 4 is 0 Å². The first-order valence-electron chi connectivity index (χ1n) is 7.19. The molecule has 0 amide bonds. The van der Waals surface area contributed by atoms with Crippen molar-refractivity contribution in [2.24, 2.45) is 11.3 Å². The average molecular weight is 249 g/mol. The second-order valence-corrected chi connectivity index (χ2v) is 5.78. The Bertz CT molecular complexity index is 372. The third kappa shape index (κ3) is 2.34. The van der Waals surface area contributed by atoms with Crippen LogP contribution in [0.3, 0.4) is 0 Å². The fraction of sp³-hybridized carbons (Fsp3) is 0.733. The summed E-state index contributed by atoms with van der Waals surface area (Å²) < 4.78 is 11.6. The van der Waals surface area contributed by atoms with Gasteiger partial charge in [-0.15, -0.1) is 0 Å². The summed E-state index contributed by atoms with van der Waals surface area (Å²) in [4.78, 5) is 0. The van der Waals surface area contributed by atoms with Gasteiger partial charge in [-0.2, -0.15) is 0 Å². The Morgan fingerprint density at radius 2 is 2.33 bits per heavy atom. The van der Waals surface area contributed by atoms with E-state index in [0.29, 0.717) is 6.10 Å². The molecule has 0 radical (unpaired) electrons. The van der Waals surface area contributed by atoms with Crippen LogP contribution in [0.1, 0.15) is 31.9 Å². The van der Waals surface area contributed by atoms with Gasteiger partial charge >= 0.3 is 0 Å². The monoisotopic (exact) mass is 249 g/mol. The molecular formula is C15H23NO2. The quantitative estimate of drug-likeness (QED) is 0.841. The van der Waals surface area contributed by atoms with E-state index in [1.807, 2.05) is 6.07 Å². The molecule has 0 spiro atoms. The molecule has 1 aromatic heterocycles.